The largest absolute Gasteiger partial charge is 0.309 e. The van der Waals surface area contributed by atoms with Gasteiger partial charge in [0.05, 0.1) is 11.1 Å². The van der Waals surface area contributed by atoms with Gasteiger partial charge in [-0.25, -0.2) is 9.37 Å². The number of nitrogens with one attached hydrogen (secondary N) is 1. The van der Waals surface area contributed by atoms with Gasteiger partial charge in [0.15, 0.2) is 0 Å². The van der Waals surface area contributed by atoms with E-state index in [2.05, 4.69) is 16.9 Å². The lowest BCUT2D eigenvalue weighted by Crippen LogP contribution is -2.14. The van der Waals surface area contributed by atoms with Crippen LogP contribution in [0.25, 0.3) is 10.2 Å². The minimum Gasteiger partial charge on any atom is -0.309 e. The molecule has 25 heavy (non-hydrogen) atoms. The van der Waals surface area contributed by atoms with E-state index in [1.54, 1.807) is 35.2 Å². The number of halogens is 1. The maximum absolute atomic E-state index is 13.2. The van der Waals surface area contributed by atoms with Gasteiger partial charge >= 0.3 is 0 Å². The molecule has 0 radical (unpaired) electrons. The third kappa shape index (κ3) is 3.51. The highest BCUT2D eigenvalue weighted by Gasteiger charge is 2.22. The summed E-state index contributed by atoms with van der Waals surface area (Å²) in [4.78, 5) is 22.4. The molecule has 130 valence electrons. The molecule has 6 heteroatoms. The highest BCUT2D eigenvalue weighted by molar-refractivity contribution is 7.97. The standard InChI is InChI=1S/C19H19FN2OS2/c1-11-5-6-14-15(7-11)25-19-17(14)18(23)21-16(22-19)10-24-9-12-3-2-4-13(20)8-12/h2-4,8,11H,5-7,9-10H2,1H3,(H,21,22,23)/t11-/m0/s1. The summed E-state index contributed by atoms with van der Waals surface area (Å²) >= 11 is 3.30. The third-order valence-electron chi connectivity index (χ3n) is 4.61. The SMILES string of the molecule is C[C@H]1CCc2c(sc3nc(CSCc4cccc(F)c4)[nH]c(=O)c23)C1. The van der Waals surface area contributed by atoms with Crippen molar-refractivity contribution in [3.8, 4) is 0 Å². The van der Waals surface area contributed by atoms with E-state index in [-0.39, 0.29) is 11.4 Å². The summed E-state index contributed by atoms with van der Waals surface area (Å²) in [6.45, 7) is 2.26. The molecule has 3 nitrogen and oxygen atoms in total. The number of hydrogen-bond acceptors (Lipinski definition) is 4. The zero-order valence-electron chi connectivity index (χ0n) is 14.0. The first-order valence-electron chi connectivity index (χ1n) is 8.46. The van der Waals surface area contributed by atoms with Crippen molar-refractivity contribution in [2.45, 2.75) is 37.7 Å². The van der Waals surface area contributed by atoms with Gasteiger partial charge in [-0.15, -0.1) is 23.1 Å². The molecule has 0 aliphatic heterocycles. The minimum atomic E-state index is -0.218. The summed E-state index contributed by atoms with van der Waals surface area (Å²) in [5.41, 5.74) is 2.14. The average Bonchev–Trinajstić information content (AvgIpc) is 2.92. The van der Waals surface area contributed by atoms with Crippen molar-refractivity contribution < 1.29 is 4.39 Å². The summed E-state index contributed by atoms with van der Waals surface area (Å²) in [5, 5.41) is 0.797. The van der Waals surface area contributed by atoms with E-state index in [4.69, 9.17) is 0 Å². The number of benzene rings is 1. The molecule has 2 aromatic heterocycles. The van der Waals surface area contributed by atoms with Gasteiger partial charge in [-0.2, -0.15) is 0 Å². The van der Waals surface area contributed by atoms with Crippen LogP contribution in [0.3, 0.4) is 0 Å². The van der Waals surface area contributed by atoms with Crippen molar-refractivity contribution in [3.05, 3.63) is 62.3 Å². The van der Waals surface area contributed by atoms with Crippen LogP contribution in [0.1, 0.15) is 35.2 Å². The quantitative estimate of drug-likeness (QED) is 0.721. The number of aryl methyl sites for hydroxylation is 1. The van der Waals surface area contributed by atoms with Gasteiger partial charge in [0.2, 0.25) is 0 Å². The predicted molar refractivity (Wildman–Crippen MR) is 103 cm³/mol. The smallest absolute Gasteiger partial charge is 0.259 e. The monoisotopic (exact) mass is 374 g/mol. The molecule has 1 aromatic carbocycles. The Labute approximate surface area is 153 Å². The van der Waals surface area contributed by atoms with Crippen LogP contribution in [0.15, 0.2) is 29.1 Å². The van der Waals surface area contributed by atoms with Gasteiger partial charge in [0.25, 0.3) is 5.56 Å². The first-order chi connectivity index (χ1) is 12.1. The number of aromatic amines is 1. The summed E-state index contributed by atoms with van der Waals surface area (Å²) in [5.74, 6) is 2.47. The number of nitrogens with zero attached hydrogens (tertiary/aromatic N) is 1. The Kier molecular flexibility index (Phi) is 4.65. The molecule has 0 saturated heterocycles. The number of thioether (sulfide) groups is 1. The molecule has 3 aromatic rings. The highest BCUT2D eigenvalue weighted by atomic mass is 32.2. The number of aromatic nitrogens is 2. The molecule has 0 fully saturated rings. The second kappa shape index (κ2) is 6.92. The lowest BCUT2D eigenvalue weighted by atomic mass is 9.89. The average molecular weight is 375 g/mol. The third-order valence-corrected chi connectivity index (χ3v) is 6.77. The fraction of sp³-hybridized carbons (Fsp3) is 0.368. The van der Waals surface area contributed by atoms with Crippen LogP contribution in [-0.2, 0) is 24.3 Å². The van der Waals surface area contributed by atoms with Crippen molar-refractivity contribution >= 4 is 33.3 Å². The van der Waals surface area contributed by atoms with Crippen LogP contribution < -0.4 is 5.56 Å². The van der Waals surface area contributed by atoms with E-state index in [1.807, 2.05) is 6.07 Å². The van der Waals surface area contributed by atoms with Crippen LogP contribution in [0.5, 0.6) is 0 Å². The van der Waals surface area contributed by atoms with Gasteiger partial charge in [-0.05, 0) is 48.4 Å². The van der Waals surface area contributed by atoms with Crippen LogP contribution in [-0.4, -0.2) is 9.97 Å². The van der Waals surface area contributed by atoms with Gasteiger partial charge in [0.1, 0.15) is 16.5 Å². The molecule has 1 aliphatic carbocycles. The molecule has 0 unspecified atom stereocenters. The molecule has 4 rings (SSSR count). The molecule has 1 atom stereocenters. The zero-order valence-corrected chi connectivity index (χ0v) is 15.6. The van der Waals surface area contributed by atoms with Crippen LogP contribution >= 0.6 is 23.1 Å². The summed E-state index contributed by atoms with van der Waals surface area (Å²) in [7, 11) is 0. The predicted octanol–water partition coefficient (Wildman–Crippen LogP) is 4.68. The molecular formula is C19H19FN2OS2. The highest BCUT2D eigenvalue weighted by Crippen LogP contribution is 2.35. The summed E-state index contributed by atoms with van der Waals surface area (Å²) < 4.78 is 13.2. The zero-order chi connectivity index (χ0) is 17.4. The number of thiophene rings is 1. The van der Waals surface area contributed by atoms with E-state index < -0.39 is 0 Å². The lowest BCUT2D eigenvalue weighted by molar-refractivity contribution is 0.509. The fourth-order valence-corrected chi connectivity index (χ4v) is 5.60. The first-order valence-corrected chi connectivity index (χ1v) is 10.4. The molecular weight excluding hydrogens is 355 g/mol. The van der Waals surface area contributed by atoms with Gasteiger partial charge < -0.3 is 4.98 Å². The Bertz CT molecular complexity index is 979. The molecule has 0 spiro atoms. The number of H-pyrrole nitrogens is 1. The van der Waals surface area contributed by atoms with Gasteiger partial charge in [-0.1, -0.05) is 19.1 Å². The van der Waals surface area contributed by atoms with Gasteiger partial charge in [-0.3, -0.25) is 4.79 Å². The second-order valence-electron chi connectivity index (χ2n) is 6.67. The van der Waals surface area contributed by atoms with E-state index in [9.17, 15) is 9.18 Å². The Morgan fingerprint density at radius 2 is 2.28 bits per heavy atom. The molecule has 0 saturated carbocycles. The lowest BCUT2D eigenvalue weighted by Gasteiger charge is -2.17. The Morgan fingerprint density at radius 3 is 3.12 bits per heavy atom. The molecule has 0 amide bonds. The van der Waals surface area contributed by atoms with Crippen LogP contribution in [0.4, 0.5) is 4.39 Å². The van der Waals surface area contributed by atoms with E-state index in [0.29, 0.717) is 23.2 Å². The first kappa shape index (κ1) is 16.8. The maximum Gasteiger partial charge on any atom is 0.259 e. The Balaban J connectivity index is 1.54. The van der Waals surface area contributed by atoms with Crippen molar-refractivity contribution in [3.63, 3.8) is 0 Å². The molecule has 1 aliphatic rings. The molecule has 2 heterocycles. The van der Waals surface area contributed by atoms with Crippen LogP contribution in [0.2, 0.25) is 0 Å². The maximum atomic E-state index is 13.2. The Morgan fingerprint density at radius 1 is 1.40 bits per heavy atom. The number of rotatable bonds is 4. The Hall–Kier alpha value is -1.66. The fourth-order valence-electron chi connectivity index (χ4n) is 3.35. The van der Waals surface area contributed by atoms with E-state index in [1.165, 1.54) is 16.5 Å². The number of fused-ring (bicyclic) bond motifs is 3. The van der Waals surface area contributed by atoms with E-state index in [0.717, 1.165) is 35.0 Å². The molecule has 1 N–H and O–H groups in total. The van der Waals surface area contributed by atoms with Gasteiger partial charge in [0, 0.05) is 10.6 Å². The van der Waals surface area contributed by atoms with E-state index >= 15 is 0 Å². The minimum absolute atomic E-state index is 0.0154. The topological polar surface area (TPSA) is 45.8 Å². The van der Waals surface area contributed by atoms with Crippen molar-refractivity contribution in [2.75, 3.05) is 0 Å². The second-order valence-corrected chi connectivity index (χ2v) is 8.74. The normalized spacial score (nSPS) is 17.0. The van der Waals surface area contributed by atoms with Crippen molar-refractivity contribution in [1.82, 2.24) is 9.97 Å². The van der Waals surface area contributed by atoms with Crippen molar-refractivity contribution in [2.24, 2.45) is 5.92 Å². The summed E-state index contributed by atoms with van der Waals surface area (Å²) in [6, 6.07) is 6.61. The number of hydrogen-bond donors (Lipinski definition) is 1. The van der Waals surface area contributed by atoms with Crippen molar-refractivity contribution in [1.29, 1.82) is 0 Å². The molecule has 0 bridgehead atoms. The summed E-state index contributed by atoms with van der Waals surface area (Å²) in [6.07, 6.45) is 3.18. The van der Waals surface area contributed by atoms with Crippen LogP contribution in [0, 0.1) is 11.7 Å².